The molecule has 0 aliphatic carbocycles. The molecule has 1 heterocycles. The Morgan fingerprint density at radius 1 is 1.36 bits per heavy atom. The van der Waals surface area contributed by atoms with E-state index in [1.54, 1.807) is 13.2 Å². The van der Waals surface area contributed by atoms with Gasteiger partial charge in [-0.15, -0.1) is 0 Å². The lowest BCUT2D eigenvalue weighted by atomic mass is 10.2. The van der Waals surface area contributed by atoms with Gasteiger partial charge in [-0.1, -0.05) is 30.3 Å². The monoisotopic (exact) mass is 364 g/mol. The second kappa shape index (κ2) is 7.56. The molecule has 2 rings (SSSR count). The van der Waals surface area contributed by atoms with Crippen LogP contribution < -0.4 is 10.9 Å². The summed E-state index contributed by atoms with van der Waals surface area (Å²) >= 11 is 3.33. The number of anilines is 1. The molecule has 118 valence electrons. The normalized spacial score (nSPS) is 12.4. The van der Waals surface area contributed by atoms with E-state index in [1.807, 2.05) is 18.2 Å². The lowest BCUT2D eigenvalue weighted by Crippen LogP contribution is -2.33. The van der Waals surface area contributed by atoms with E-state index in [1.165, 1.54) is 10.2 Å². The minimum absolute atomic E-state index is 0.144. The van der Waals surface area contributed by atoms with Crippen molar-refractivity contribution in [3.63, 3.8) is 0 Å². The zero-order chi connectivity index (χ0) is 16.1. The number of halogens is 1. The Morgan fingerprint density at radius 3 is 2.73 bits per heavy atom. The van der Waals surface area contributed by atoms with Gasteiger partial charge in [0.2, 0.25) is 0 Å². The molecule has 5 nitrogen and oxygen atoms in total. The van der Waals surface area contributed by atoms with E-state index in [4.69, 9.17) is 0 Å². The first kappa shape index (κ1) is 16.7. The quantitative estimate of drug-likeness (QED) is 0.855. The number of hydrogen-bond acceptors (Lipinski definition) is 4. The number of nitrogens with one attached hydrogen (secondary N) is 1. The molecule has 0 fully saturated rings. The molecule has 1 unspecified atom stereocenters. The molecular formula is C16H21BrN4O. The van der Waals surface area contributed by atoms with Gasteiger partial charge >= 0.3 is 0 Å². The zero-order valence-electron chi connectivity index (χ0n) is 13.1. The summed E-state index contributed by atoms with van der Waals surface area (Å²) in [6, 6.07) is 10.6. The highest BCUT2D eigenvalue weighted by Crippen LogP contribution is 2.17. The molecule has 22 heavy (non-hydrogen) atoms. The molecule has 0 aliphatic heterocycles. The maximum absolute atomic E-state index is 11.8. The summed E-state index contributed by atoms with van der Waals surface area (Å²) in [5.41, 5.74) is 1.87. The smallest absolute Gasteiger partial charge is 0.282 e. The van der Waals surface area contributed by atoms with Gasteiger partial charge in [0.1, 0.15) is 4.47 Å². The third-order valence-corrected chi connectivity index (χ3v) is 4.13. The molecule has 0 amide bonds. The number of aromatic nitrogens is 2. The zero-order valence-corrected chi connectivity index (χ0v) is 14.7. The fourth-order valence-corrected chi connectivity index (χ4v) is 2.82. The van der Waals surface area contributed by atoms with Crippen LogP contribution in [-0.2, 0) is 13.6 Å². The van der Waals surface area contributed by atoms with E-state index in [0.29, 0.717) is 4.47 Å². The largest absolute Gasteiger partial charge is 0.379 e. The first-order chi connectivity index (χ1) is 10.5. The van der Waals surface area contributed by atoms with Gasteiger partial charge in [0.05, 0.1) is 11.9 Å². The molecule has 2 aromatic rings. The van der Waals surface area contributed by atoms with Gasteiger partial charge in [-0.2, -0.15) is 5.10 Å². The van der Waals surface area contributed by atoms with Crippen molar-refractivity contribution >= 4 is 21.6 Å². The van der Waals surface area contributed by atoms with Gasteiger partial charge in [-0.05, 0) is 35.5 Å². The average Bonchev–Trinajstić information content (AvgIpc) is 2.49. The van der Waals surface area contributed by atoms with Crippen LogP contribution >= 0.6 is 15.9 Å². The molecule has 0 aliphatic rings. The molecule has 1 aromatic heterocycles. The third-order valence-electron chi connectivity index (χ3n) is 3.36. The van der Waals surface area contributed by atoms with Crippen LogP contribution in [0.15, 0.2) is 45.8 Å². The molecule has 0 saturated carbocycles. The second-order valence-electron chi connectivity index (χ2n) is 5.53. The number of likely N-dealkylation sites (N-methyl/N-ethyl adjacent to an activating group) is 1. The Hall–Kier alpha value is -1.66. The summed E-state index contributed by atoms with van der Waals surface area (Å²) in [4.78, 5) is 14.1. The number of nitrogens with zero attached hydrogens (tertiary/aromatic N) is 3. The summed E-state index contributed by atoms with van der Waals surface area (Å²) in [6.45, 7) is 3.84. The van der Waals surface area contributed by atoms with Gasteiger partial charge < -0.3 is 10.2 Å². The Labute approximate surface area is 139 Å². The highest BCUT2D eigenvalue weighted by molar-refractivity contribution is 9.10. The van der Waals surface area contributed by atoms with Crippen LogP contribution in [-0.4, -0.2) is 34.3 Å². The van der Waals surface area contributed by atoms with Crippen LogP contribution in [0.25, 0.3) is 0 Å². The topological polar surface area (TPSA) is 50.2 Å². The van der Waals surface area contributed by atoms with Crippen molar-refractivity contribution in [2.45, 2.75) is 19.5 Å². The van der Waals surface area contributed by atoms with E-state index >= 15 is 0 Å². The summed E-state index contributed by atoms with van der Waals surface area (Å²) in [5.74, 6) is 0. The predicted octanol–water partition coefficient (Wildman–Crippen LogP) is 2.48. The van der Waals surface area contributed by atoms with Crippen LogP contribution in [0.4, 0.5) is 5.69 Å². The highest BCUT2D eigenvalue weighted by Gasteiger charge is 2.11. The molecule has 0 spiro atoms. The van der Waals surface area contributed by atoms with E-state index < -0.39 is 0 Å². The number of aryl methyl sites for hydroxylation is 1. The van der Waals surface area contributed by atoms with Crippen molar-refractivity contribution in [1.82, 2.24) is 14.7 Å². The van der Waals surface area contributed by atoms with Crippen molar-refractivity contribution in [3.8, 4) is 0 Å². The molecule has 0 saturated heterocycles. The lowest BCUT2D eigenvalue weighted by molar-refractivity contribution is 0.316. The number of rotatable bonds is 6. The van der Waals surface area contributed by atoms with E-state index in [0.717, 1.165) is 18.8 Å². The summed E-state index contributed by atoms with van der Waals surface area (Å²) in [7, 11) is 3.72. The molecule has 1 N–H and O–H groups in total. The van der Waals surface area contributed by atoms with E-state index in [2.05, 4.69) is 57.3 Å². The van der Waals surface area contributed by atoms with E-state index in [-0.39, 0.29) is 11.6 Å². The molecule has 6 heteroatoms. The van der Waals surface area contributed by atoms with Crippen molar-refractivity contribution in [1.29, 1.82) is 0 Å². The summed E-state index contributed by atoms with van der Waals surface area (Å²) < 4.78 is 1.82. The van der Waals surface area contributed by atoms with Crippen molar-refractivity contribution in [3.05, 3.63) is 56.9 Å². The fourth-order valence-electron chi connectivity index (χ4n) is 2.35. The fraction of sp³-hybridized carbons (Fsp3) is 0.375. The second-order valence-corrected chi connectivity index (χ2v) is 6.32. The van der Waals surface area contributed by atoms with Crippen LogP contribution in [0.1, 0.15) is 12.5 Å². The Bertz CT molecular complexity index is 672. The van der Waals surface area contributed by atoms with Gasteiger partial charge in [0.15, 0.2) is 0 Å². The molecule has 0 radical (unpaired) electrons. The molecular weight excluding hydrogens is 344 g/mol. The lowest BCUT2D eigenvalue weighted by Gasteiger charge is -2.23. The van der Waals surface area contributed by atoms with Gasteiger partial charge in [-0.25, -0.2) is 4.68 Å². The Balaban J connectivity index is 1.94. The highest BCUT2D eigenvalue weighted by atomic mass is 79.9. The summed E-state index contributed by atoms with van der Waals surface area (Å²) in [5, 5.41) is 7.37. The van der Waals surface area contributed by atoms with Crippen molar-refractivity contribution in [2.75, 3.05) is 18.9 Å². The Morgan fingerprint density at radius 2 is 2.05 bits per heavy atom. The average molecular weight is 365 g/mol. The third kappa shape index (κ3) is 4.42. The minimum atomic E-state index is -0.144. The van der Waals surface area contributed by atoms with Crippen LogP contribution in [0.5, 0.6) is 0 Å². The first-order valence-electron chi connectivity index (χ1n) is 7.18. The van der Waals surface area contributed by atoms with Gasteiger partial charge in [0, 0.05) is 26.2 Å². The van der Waals surface area contributed by atoms with Gasteiger partial charge in [-0.3, -0.25) is 4.79 Å². The maximum Gasteiger partial charge on any atom is 0.282 e. The molecule has 1 atom stereocenters. The standard InChI is InChI=1S/C16H21BrN4O/c1-12(10-20(2)11-13-7-5-4-6-8-13)19-14-9-18-21(3)16(22)15(14)17/h4-9,12,19H,10-11H2,1-3H3. The summed E-state index contributed by atoms with van der Waals surface area (Å²) in [6.07, 6.45) is 1.67. The number of benzene rings is 1. The number of hydrogen-bond donors (Lipinski definition) is 1. The van der Waals surface area contributed by atoms with Crippen molar-refractivity contribution < 1.29 is 0 Å². The van der Waals surface area contributed by atoms with Crippen LogP contribution in [0, 0.1) is 0 Å². The van der Waals surface area contributed by atoms with E-state index in [9.17, 15) is 4.79 Å². The molecule has 0 bridgehead atoms. The Kier molecular flexibility index (Phi) is 5.74. The SMILES string of the molecule is CC(CN(C)Cc1ccccc1)Nc1cnn(C)c(=O)c1Br. The predicted molar refractivity (Wildman–Crippen MR) is 93.0 cm³/mol. The van der Waals surface area contributed by atoms with Crippen LogP contribution in [0.2, 0.25) is 0 Å². The first-order valence-corrected chi connectivity index (χ1v) is 7.97. The van der Waals surface area contributed by atoms with Crippen molar-refractivity contribution in [2.24, 2.45) is 7.05 Å². The maximum atomic E-state index is 11.8. The minimum Gasteiger partial charge on any atom is -0.379 e. The molecule has 1 aromatic carbocycles. The van der Waals surface area contributed by atoms with Crippen LogP contribution in [0.3, 0.4) is 0 Å². The van der Waals surface area contributed by atoms with Gasteiger partial charge in [0.25, 0.3) is 5.56 Å².